The van der Waals surface area contributed by atoms with Gasteiger partial charge in [-0.15, -0.1) is 0 Å². The summed E-state index contributed by atoms with van der Waals surface area (Å²) in [4.78, 5) is 12.0. The molecule has 116 valence electrons. The lowest BCUT2D eigenvalue weighted by Crippen LogP contribution is -2.34. The van der Waals surface area contributed by atoms with Crippen LogP contribution in [0.1, 0.15) is 0 Å². The van der Waals surface area contributed by atoms with Crippen LogP contribution >= 0.6 is 11.6 Å². The van der Waals surface area contributed by atoms with Gasteiger partial charge in [-0.25, -0.2) is 8.42 Å². The summed E-state index contributed by atoms with van der Waals surface area (Å²) in [6.07, 6.45) is 0. The topological polar surface area (TPSA) is 66.5 Å². The van der Waals surface area contributed by atoms with Crippen molar-refractivity contribution in [3.63, 3.8) is 0 Å². The number of carbonyl (C=O) groups is 1. The van der Waals surface area contributed by atoms with E-state index in [2.05, 4.69) is 5.32 Å². The minimum absolute atomic E-state index is 0.0897. The maximum Gasteiger partial charge on any atom is 0.243 e. The van der Waals surface area contributed by atoms with Gasteiger partial charge in [0.1, 0.15) is 0 Å². The quantitative estimate of drug-likeness (QED) is 0.911. The molecule has 0 atom stereocenters. The lowest BCUT2D eigenvalue weighted by atomic mass is 10.3. The van der Waals surface area contributed by atoms with Gasteiger partial charge in [0.05, 0.1) is 11.4 Å². The second-order valence-electron chi connectivity index (χ2n) is 4.63. The van der Waals surface area contributed by atoms with Gasteiger partial charge in [-0.1, -0.05) is 29.8 Å². The molecule has 22 heavy (non-hydrogen) atoms. The normalized spacial score (nSPS) is 11.4. The van der Waals surface area contributed by atoms with Crippen LogP contribution in [0.5, 0.6) is 0 Å². The van der Waals surface area contributed by atoms with Crippen LogP contribution in [0, 0.1) is 0 Å². The van der Waals surface area contributed by atoms with Crippen molar-refractivity contribution in [3.05, 3.63) is 59.6 Å². The smallest absolute Gasteiger partial charge is 0.243 e. The molecule has 0 heterocycles. The minimum Gasteiger partial charge on any atom is -0.325 e. The van der Waals surface area contributed by atoms with Crippen LogP contribution in [0.4, 0.5) is 5.69 Å². The Bertz CT molecular complexity index is 746. The number of carbonyl (C=O) groups excluding carboxylic acids is 1. The summed E-state index contributed by atoms with van der Waals surface area (Å²) in [7, 11) is -2.37. The number of halogens is 1. The van der Waals surface area contributed by atoms with Gasteiger partial charge in [0.2, 0.25) is 15.9 Å². The average molecular weight is 339 g/mol. The van der Waals surface area contributed by atoms with Crippen molar-refractivity contribution in [1.29, 1.82) is 0 Å². The molecule has 0 bridgehead atoms. The summed E-state index contributed by atoms with van der Waals surface area (Å²) >= 11 is 5.74. The Morgan fingerprint density at radius 1 is 1.09 bits per heavy atom. The molecule has 1 N–H and O–H groups in total. The number of anilines is 1. The summed E-state index contributed by atoms with van der Waals surface area (Å²) in [6, 6.07) is 14.6. The van der Waals surface area contributed by atoms with Gasteiger partial charge in [0.15, 0.2) is 0 Å². The van der Waals surface area contributed by atoms with Gasteiger partial charge in [0.25, 0.3) is 0 Å². The lowest BCUT2D eigenvalue weighted by Gasteiger charge is -2.17. The number of nitrogens with one attached hydrogen (secondary N) is 1. The molecule has 0 radical (unpaired) electrons. The highest BCUT2D eigenvalue weighted by Gasteiger charge is 2.22. The summed E-state index contributed by atoms with van der Waals surface area (Å²) in [5, 5.41) is 3.09. The molecule has 0 spiro atoms. The molecular weight excluding hydrogens is 324 g/mol. The molecule has 0 unspecified atom stereocenters. The van der Waals surface area contributed by atoms with Crippen molar-refractivity contribution in [2.45, 2.75) is 4.90 Å². The van der Waals surface area contributed by atoms with E-state index < -0.39 is 15.9 Å². The molecule has 0 aliphatic carbocycles. The third-order valence-electron chi connectivity index (χ3n) is 2.95. The van der Waals surface area contributed by atoms with E-state index in [9.17, 15) is 13.2 Å². The van der Waals surface area contributed by atoms with E-state index in [1.807, 2.05) is 6.07 Å². The number of hydrogen-bond donors (Lipinski definition) is 1. The molecule has 1 amide bonds. The van der Waals surface area contributed by atoms with Crippen molar-refractivity contribution in [2.24, 2.45) is 0 Å². The first-order valence-corrected chi connectivity index (χ1v) is 8.28. The van der Waals surface area contributed by atoms with Gasteiger partial charge < -0.3 is 5.32 Å². The Labute approximate surface area is 134 Å². The average Bonchev–Trinajstić information content (AvgIpc) is 2.48. The van der Waals surface area contributed by atoms with Crippen LogP contribution in [0.25, 0.3) is 0 Å². The van der Waals surface area contributed by atoms with Gasteiger partial charge in [-0.2, -0.15) is 4.31 Å². The standard InChI is InChI=1S/C15H15ClN2O3S/c1-18(11-15(19)17-13-5-3-2-4-6-13)22(20,21)14-9-7-12(16)8-10-14/h2-10H,11H2,1H3,(H,17,19). The Hall–Kier alpha value is -1.89. The molecular formula is C15H15ClN2O3S. The SMILES string of the molecule is CN(CC(=O)Nc1ccccc1)S(=O)(=O)c1ccc(Cl)cc1. The summed E-state index contributed by atoms with van der Waals surface area (Å²) in [5.41, 5.74) is 0.616. The predicted octanol–water partition coefficient (Wildman–Crippen LogP) is 2.60. The molecule has 2 aromatic carbocycles. The Morgan fingerprint density at radius 2 is 1.68 bits per heavy atom. The highest BCUT2D eigenvalue weighted by Crippen LogP contribution is 2.17. The van der Waals surface area contributed by atoms with Crippen molar-refractivity contribution >= 4 is 33.2 Å². The summed E-state index contributed by atoms with van der Waals surface area (Å²) in [5.74, 6) is -0.411. The predicted molar refractivity (Wildman–Crippen MR) is 86.3 cm³/mol. The van der Waals surface area contributed by atoms with Crippen LogP contribution in [-0.4, -0.2) is 32.2 Å². The Kier molecular flexibility index (Phi) is 5.18. The van der Waals surface area contributed by atoms with Gasteiger partial charge >= 0.3 is 0 Å². The molecule has 2 rings (SSSR count). The Morgan fingerprint density at radius 3 is 2.27 bits per heavy atom. The first kappa shape index (κ1) is 16.5. The number of hydrogen-bond acceptors (Lipinski definition) is 3. The summed E-state index contributed by atoms with van der Waals surface area (Å²) in [6.45, 7) is -0.278. The van der Waals surface area contributed by atoms with Gasteiger partial charge in [-0.05, 0) is 36.4 Å². The summed E-state index contributed by atoms with van der Waals surface area (Å²) < 4.78 is 25.7. The zero-order chi connectivity index (χ0) is 16.2. The van der Waals surface area contributed by atoms with Crippen molar-refractivity contribution in [1.82, 2.24) is 4.31 Å². The van der Waals surface area contributed by atoms with E-state index in [4.69, 9.17) is 11.6 Å². The van der Waals surface area contributed by atoms with Crippen molar-refractivity contribution in [2.75, 3.05) is 18.9 Å². The fraction of sp³-hybridized carbons (Fsp3) is 0.133. The van der Waals surface area contributed by atoms with E-state index in [-0.39, 0.29) is 11.4 Å². The highest BCUT2D eigenvalue weighted by molar-refractivity contribution is 7.89. The molecule has 0 aromatic heterocycles. The van der Waals surface area contributed by atoms with Crippen LogP contribution in [0.2, 0.25) is 5.02 Å². The zero-order valence-corrected chi connectivity index (χ0v) is 13.4. The van der Waals surface area contributed by atoms with E-state index in [1.54, 1.807) is 24.3 Å². The van der Waals surface area contributed by atoms with E-state index in [1.165, 1.54) is 31.3 Å². The van der Waals surface area contributed by atoms with Crippen LogP contribution in [0.15, 0.2) is 59.5 Å². The second-order valence-corrected chi connectivity index (χ2v) is 7.11. The monoisotopic (exact) mass is 338 g/mol. The van der Waals surface area contributed by atoms with Crippen LogP contribution < -0.4 is 5.32 Å². The van der Waals surface area contributed by atoms with Crippen molar-refractivity contribution in [3.8, 4) is 0 Å². The molecule has 0 saturated heterocycles. The molecule has 0 aliphatic heterocycles. The largest absolute Gasteiger partial charge is 0.325 e. The molecule has 0 aliphatic rings. The molecule has 2 aromatic rings. The molecule has 5 nitrogen and oxygen atoms in total. The second kappa shape index (κ2) is 6.91. The number of para-hydroxylation sites is 1. The van der Waals surface area contributed by atoms with E-state index in [0.717, 1.165) is 4.31 Å². The van der Waals surface area contributed by atoms with E-state index in [0.29, 0.717) is 10.7 Å². The number of nitrogens with zero attached hydrogens (tertiary/aromatic N) is 1. The first-order valence-electron chi connectivity index (χ1n) is 6.46. The van der Waals surface area contributed by atoms with Crippen LogP contribution in [0.3, 0.4) is 0 Å². The Balaban J connectivity index is 2.06. The first-order chi connectivity index (χ1) is 10.4. The highest BCUT2D eigenvalue weighted by atomic mass is 35.5. The maximum absolute atomic E-state index is 12.3. The maximum atomic E-state index is 12.3. The third-order valence-corrected chi connectivity index (χ3v) is 5.02. The molecule has 0 fully saturated rings. The molecule has 0 saturated carbocycles. The number of likely N-dealkylation sites (N-methyl/N-ethyl adjacent to an activating group) is 1. The van der Waals surface area contributed by atoms with Gasteiger partial charge in [0, 0.05) is 17.8 Å². The van der Waals surface area contributed by atoms with Crippen molar-refractivity contribution < 1.29 is 13.2 Å². The van der Waals surface area contributed by atoms with Gasteiger partial charge in [-0.3, -0.25) is 4.79 Å². The molecule has 7 heteroatoms. The lowest BCUT2D eigenvalue weighted by molar-refractivity contribution is -0.116. The fourth-order valence-corrected chi connectivity index (χ4v) is 3.05. The number of rotatable bonds is 5. The third kappa shape index (κ3) is 4.07. The number of amides is 1. The minimum atomic E-state index is -3.73. The fourth-order valence-electron chi connectivity index (χ4n) is 1.80. The number of sulfonamides is 1. The van der Waals surface area contributed by atoms with Crippen LogP contribution in [-0.2, 0) is 14.8 Å². The van der Waals surface area contributed by atoms with E-state index >= 15 is 0 Å². The number of benzene rings is 2. The zero-order valence-electron chi connectivity index (χ0n) is 11.9.